The predicted molar refractivity (Wildman–Crippen MR) is 79.9 cm³/mol. The Bertz CT molecular complexity index is 376. The molecule has 0 N–H and O–H groups in total. The maximum atomic E-state index is 13.9. The summed E-state index contributed by atoms with van der Waals surface area (Å²) in [6, 6.07) is 10.4. The van der Waals surface area contributed by atoms with E-state index in [0.29, 0.717) is 18.3 Å². The summed E-state index contributed by atoms with van der Waals surface area (Å²) < 4.78 is 13.9. The van der Waals surface area contributed by atoms with E-state index in [-0.39, 0.29) is 0 Å². The zero-order valence-corrected chi connectivity index (χ0v) is 11.9. The van der Waals surface area contributed by atoms with E-state index in [9.17, 15) is 4.39 Å². The molecule has 1 aromatic carbocycles. The fourth-order valence-corrected chi connectivity index (χ4v) is 2.99. The lowest BCUT2D eigenvalue weighted by Gasteiger charge is -2.13. The predicted octanol–water partition coefficient (Wildman–Crippen LogP) is 5.34. The zero-order chi connectivity index (χ0) is 13.5. The van der Waals surface area contributed by atoms with Crippen molar-refractivity contribution in [1.82, 2.24) is 0 Å². The van der Waals surface area contributed by atoms with Crippen LogP contribution in [-0.2, 0) is 6.42 Å². The number of alkyl halides is 1. The lowest BCUT2D eigenvalue weighted by atomic mass is 9.95. The summed E-state index contributed by atoms with van der Waals surface area (Å²) in [6.07, 6.45) is 9.89. The highest BCUT2D eigenvalue weighted by Crippen LogP contribution is 2.26. The van der Waals surface area contributed by atoms with Crippen molar-refractivity contribution < 1.29 is 4.39 Å². The van der Waals surface area contributed by atoms with Crippen molar-refractivity contribution in [2.24, 2.45) is 11.8 Å². The molecule has 0 aliphatic heterocycles. The molecular formula is C18H25F. The van der Waals surface area contributed by atoms with Crippen LogP contribution in [0.15, 0.2) is 42.5 Å². The minimum Gasteiger partial charge on any atom is -0.243 e. The highest BCUT2D eigenvalue weighted by atomic mass is 19.1. The molecule has 1 aliphatic rings. The first kappa shape index (κ1) is 14.3. The lowest BCUT2D eigenvalue weighted by molar-refractivity contribution is 0.326. The van der Waals surface area contributed by atoms with Crippen LogP contribution in [-0.4, -0.2) is 6.17 Å². The van der Waals surface area contributed by atoms with Gasteiger partial charge in [0.05, 0.1) is 0 Å². The number of benzene rings is 1. The van der Waals surface area contributed by atoms with Crippen molar-refractivity contribution in [1.29, 1.82) is 0 Å². The molecule has 2 unspecified atom stereocenters. The highest BCUT2D eigenvalue weighted by molar-refractivity contribution is 5.15. The molecule has 2 atom stereocenters. The van der Waals surface area contributed by atoms with E-state index in [2.05, 4.69) is 37.3 Å². The monoisotopic (exact) mass is 260 g/mol. The Hall–Kier alpha value is -1.11. The van der Waals surface area contributed by atoms with E-state index >= 15 is 0 Å². The highest BCUT2D eigenvalue weighted by Gasteiger charge is 2.14. The van der Waals surface area contributed by atoms with Gasteiger partial charge >= 0.3 is 0 Å². The zero-order valence-electron chi connectivity index (χ0n) is 11.9. The van der Waals surface area contributed by atoms with Crippen LogP contribution < -0.4 is 0 Å². The quantitative estimate of drug-likeness (QED) is 0.606. The molecule has 0 heterocycles. The molecule has 1 saturated carbocycles. The van der Waals surface area contributed by atoms with Gasteiger partial charge in [0, 0.05) is 0 Å². The van der Waals surface area contributed by atoms with Gasteiger partial charge in [-0.3, -0.25) is 0 Å². The van der Waals surface area contributed by atoms with Gasteiger partial charge < -0.3 is 0 Å². The third-order valence-electron chi connectivity index (χ3n) is 4.05. The molecule has 0 saturated heterocycles. The van der Waals surface area contributed by atoms with Gasteiger partial charge in [0.25, 0.3) is 0 Å². The number of hydrogen-bond acceptors (Lipinski definition) is 0. The average Bonchev–Trinajstić information content (AvgIpc) is 2.90. The Balaban J connectivity index is 1.73. The van der Waals surface area contributed by atoms with Crippen LogP contribution in [0.4, 0.5) is 4.39 Å². The van der Waals surface area contributed by atoms with Crippen LogP contribution in [0, 0.1) is 11.8 Å². The second-order valence-corrected chi connectivity index (χ2v) is 5.98. The van der Waals surface area contributed by atoms with Gasteiger partial charge in [-0.2, -0.15) is 0 Å². The largest absolute Gasteiger partial charge is 0.243 e. The van der Waals surface area contributed by atoms with Crippen LogP contribution in [0.3, 0.4) is 0 Å². The standard InChI is InChI=1S/C18H25F/c1-15(13-17-9-3-2-4-10-17)14-18(19)12-11-16-7-5-6-8-16/h2-4,9-12,15-16,18H,5-8,13-14H2,1H3/b12-11+. The molecular weight excluding hydrogens is 235 g/mol. The number of halogens is 1. The van der Waals surface area contributed by atoms with Crippen molar-refractivity contribution in [2.75, 3.05) is 0 Å². The summed E-state index contributed by atoms with van der Waals surface area (Å²) in [5.74, 6) is 1.04. The van der Waals surface area contributed by atoms with E-state index in [1.165, 1.54) is 31.2 Å². The van der Waals surface area contributed by atoms with Gasteiger partial charge in [0.15, 0.2) is 0 Å². The lowest BCUT2D eigenvalue weighted by Crippen LogP contribution is -2.07. The minimum atomic E-state index is -0.778. The molecule has 1 aliphatic carbocycles. The number of rotatable bonds is 6. The first-order chi connectivity index (χ1) is 9.24. The second-order valence-electron chi connectivity index (χ2n) is 5.98. The first-order valence-electron chi connectivity index (χ1n) is 7.60. The molecule has 0 bridgehead atoms. The molecule has 104 valence electrons. The summed E-state index contributed by atoms with van der Waals surface area (Å²) in [4.78, 5) is 0. The van der Waals surface area contributed by atoms with Crippen LogP contribution in [0.25, 0.3) is 0 Å². The third-order valence-corrected chi connectivity index (χ3v) is 4.05. The molecule has 0 aromatic heterocycles. The van der Waals surface area contributed by atoms with Crippen LogP contribution in [0.5, 0.6) is 0 Å². The van der Waals surface area contributed by atoms with Crippen molar-refractivity contribution >= 4 is 0 Å². The van der Waals surface area contributed by atoms with E-state index < -0.39 is 6.17 Å². The van der Waals surface area contributed by atoms with Crippen LogP contribution >= 0.6 is 0 Å². The third kappa shape index (κ3) is 5.18. The van der Waals surface area contributed by atoms with Gasteiger partial charge in [0.2, 0.25) is 0 Å². The van der Waals surface area contributed by atoms with E-state index in [1.807, 2.05) is 6.07 Å². The molecule has 1 aromatic rings. The Morgan fingerprint density at radius 3 is 2.58 bits per heavy atom. The van der Waals surface area contributed by atoms with Crippen molar-refractivity contribution in [3.05, 3.63) is 48.0 Å². The maximum absolute atomic E-state index is 13.9. The Kier molecular flexibility index (Phi) is 5.62. The number of allylic oxidation sites excluding steroid dienone is 2. The molecule has 19 heavy (non-hydrogen) atoms. The SMILES string of the molecule is CC(Cc1ccccc1)CC(F)/C=C/C1CCCC1. The Morgan fingerprint density at radius 1 is 1.21 bits per heavy atom. The average molecular weight is 260 g/mol. The van der Waals surface area contributed by atoms with Crippen LogP contribution in [0.1, 0.15) is 44.6 Å². The summed E-state index contributed by atoms with van der Waals surface area (Å²) in [5, 5.41) is 0. The topological polar surface area (TPSA) is 0 Å². The molecule has 0 nitrogen and oxygen atoms in total. The van der Waals surface area contributed by atoms with Crippen molar-refractivity contribution in [2.45, 2.75) is 51.6 Å². The van der Waals surface area contributed by atoms with Crippen molar-refractivity contribution in [3.63, 3.8) is 0 Å². The van der Waals surface area contributed by atoms with Gasteiger partial charge in [-0.25, -0.2) is 4.39 Å². The second kappa shape index (κ2) is 7.47. The van der Waals surface area contributed by atoms with E-state index in [4.69, 9.17) is 0 Å². The normalized spacial score (nSPS) is 19.9. The van der Waals surface area contributed by atoms with Gasteiger partial charge in [-0.05, 0) is 43.1 Å². The summed E-state index contributed by atoms with van der Waals surface area (Å²) >= 11 is 0. The Morgan fingerprint density at radius 2 is 1.89 bits per heavy atom. The summed E-state index contributed by atoms with van der Waals surface area (Å²) in [7, 11) is 0. The fourth-order valence-electron chi connectivity index (χ4n) is 2.99. The first-order valence-corrected chi connectivity index (χ1v) is 7.60. The molecule has 1 heteroatoms. The fraction of sp³-hybridized carbons (Fsp3) is 0.556. The smallest absolute Gasteiger partial charge is 0.119 e. The molecule has 2 rings (SSSR count). The molecule has 1 fully saturated rings. The van der Waals surface area contributed by atoms with E-state index in [0.717, 1.165) is 6.42 Å². The number of hydrogen-bond donors (Lipinski definition) is 0. The molecule has 0 spiro atoms. The van der Waals surface area contributed by atoms with Gasteiger partial charge in [0.1, 0.15) is 6.17 Å². The van der Waals surface area contributed by atoms with Crippen LogP contribution in [0.2, 0.25) is 0 Å². The summed E-state index contributed by atoms with van der Waals surface area (Å²) in [5.41, 5.74) is 1.31. The van der Waals surface area contributed by atoms with E-state index in [1.54, 1.807) is 6.08 Å². The summed E-state index contributed by atoms with van der Waals surface area (Å²) in [6.45, 7) is 2.14. The van der Waals surface area contributed by atoms with Crippen molar-refractivity contribution in [3.8, 4) is 0 Å². The molecule has 0 radical (unpaired) electrons. The minimum absolute atomic E-state index is 0.394. The van der Waals surface area contributed by atoms with Gasteiger partial charge in [-0.15, -0.1) is 0 Å². The Labute approximate surface area is 116 Å². The van der Waals surface area contributed by atoms with Gasteiger partial charge in [-0.1, -0.05) is 62.2 Å². The maximum Gasteiger partial charge on any atom is 0.119 e. The molecule has 0 amide bonds.